The summed E-state index contributed by atoms with van der Waals surface area (Å²) >= 11 is 0. The number of piperidine rings is 1. The summed E-state index contributed by atoms with van der Waals surface area (Å²) in [7, 11) is 2.05. The average Bonchev–Trinajstić information content (AvgIpc) is 2.59. The van der Waals surface area contributed by atoms with E-state index in [0.29, 0.717) is 0 Å². The number of aryl methyl sites for hydroxylation is 2. The van der Waals surface area contributed by atoms with Crippen LogP contribution >= 0.6 is 0 Å². The third-order valence-corrected chi connectivity index (χ3v) is 3.42. The molecule has 0 radical (unpaired) electrons. The van der Waals surface area contributed by atoms with Gasteiger partial charge in [-0.1, -0.05) is 0 Å². The molecule has 0 amide bonds. The molecule has 0 spiro atoms. The molecular weight excluding hydrogens is 188 g/mol. The van der Waals surface area contributed by atoms with E-state index in [0.717, 1.165) is 24.0 Å². The molecule has 0 aliphatic carbocycles. The minimum absolute atomic E-state index is 0.878. The second-order valence-corrected chi connectivity index (χ2v) is 4.45. The van der Waals surface area contributed by atoms with Crippen LogP contribution in [0, 0.1) is 12.8 Å². The third-order valence-electron chi connectivity index (χ3n) is 3.42. The smallest absolute Gasteiger partial charge is 0.132 e. The van der Waals surface area contributed by atoms with E-state index >= 15 is 0 Å². The summed E-state index contributed by atoms with van der Waals surface area (Å²) in [5.74, 6) is 3.02. The maximum atomic E-state index is 4.20. The highest BCUT2D eigenvalue weighted by molar-refractivity contribution is 4.93. The Hall–Kier alpha value is -0.900. The summed E-state index contributed by atoms with van der Waals surface area (Å²) in [5, 5.41) is 11.7. The molecule has 1 fully saturated rings. The fourth-order valence-electron chi connectivity index (χ4n) is 2.17. The lowest BCUT2D eigenvalue weighted by Crippen LogP contribution is -2.28. The Balaban J connectivity index is 1.84. The van der Waals surface area contributed by atoms with Crippen molar-refractivity contribution in [2.75, 3.05) is 13.1 Å². The molecular formula is C11H20N4. The fraction of sp³-hybridized carbons (Fsp3) is 0.818. The minimum atomic E-state index is 0.878. The summed E-state index contributed by atoms with van der Waals surface area (Å²) < 4.78 is 2.10. The first-order valence-corrected chi connectivity index (χ1v) is 5.83. The maximum Gasteiger partial charge on any atom is 0.132 e. The van der Waals surface area contributed by atoms with E-state index in [1.165, 1.54) is 32.4 Å². The Labute approximate surface area is 91.1 Å². The van der Waals surface area contributed by atoms with Crippen LogP contribution in [0.15, 0.2) is 0 Å². The topological polar surface area (TPSA) is 42.7 Å². The normalized spacial score (nSPS) is 18.3. The van der Waals surface area contributed by atoms with Crippen LogP contribution in [0.1, 0.15) is 30.9 Å². The summed E-state index contributed by atoms with van der Waals surface area (Å²) in [6, 6.07) is 0. The van der Waals surface area contributed by atoms with Crippen LogP contribution in [-0.4, -0.2) is 27.9 Å². The zero-order valence-electron chi connectivity index (χ0n) is 9.66. The molecule has 4 heteroatoms. The fourth-order valence-corrected chi connectivity index (χ4v) is 2.17. The van der Waals surface area contributed by atoms with E-state index in [2.05, 4.69) is 20.1 Å². The predicted octanol–water partition coefficient (Wildman–Crippen LogP) is 1.06. The molecule has 0 bridgehead atoms. The highest BCUT2D eigenvalue weighted by Crippen LogP contribution is 2.17. The molecule has 15 heavy (non-hydrogen) atoms. The lowest BCUT2D eigenvalue weighted by atomic mass is 9.93. The molecule has 84 valence electrons. The van der Waals surface area contributed by atoms with Crippen LogP contribution in [0.5, 0.6) is 0 Å². The summed E-state index contributed by atoms with van der Waals surface area (Å²) in [5.41, 5.74) is 0. The van der Waals surface area contributed by atoms with Gasteiger partial charge >= 0.3 is 0 Å². The molecule has 4 nitrogen and oxygen atoms in total. The van der Waals surface area contributed by atoms with Gasteiger partial charge in [-0.05, 0) is 45.2 Å². The lowest BCUT2D eigenvalue weighted by Gasteiger charge is -2.22. The Morgan fingerprint density at radius 1 is 1.33 bits per heavy atom. The second kappa shape index (κ2) is 4.75. The molecule has 1 N–H and O–H groups in total. The van der Waals surface area contributed by atoms with Gasteiger partial charge in [0.2, 0.25) is 0 Å². The quantitative estimate of drug-likeness (QED) is 0.807. The Bertz CT molecular complexity index is 312. The van der Waals surface area contributed by atoms with Gasteiger partial charge in [-0.3, -0.25) is 0 Å². The highest BCUT2D eigenvalue weighted by atomic mass is 15.3. The van der Waals surface area contributed by atoms with Crippen LogP contribution in [0.3, 0.4) is 0 Å². The number of nitrogens with zero attached hydrogens (tertiary/aromatic N) is 3. The Morgan fingerprint density at radius 2 is 2.07 bits per heavy atom. The third kappa shape index (κ3) is 2.56. The number of hydrogen-bond acceptors (Lipinski definition) is 3. The monoisotopic (exact) mass is 208 g/mol. The van der Waals surface area contributed by atoms with Gasteiger partial charge in [0.15, 0.2) is 0 Å². The first kappa shape index (κ1) is 10.6. The summed E-state index contributed by atoms with van der Waals surface area (Å²) in [6.45, 7) is 4.37. The van der Waals surface area contributed by atoms with E-state index in [9.17, 15) is 0 Å². The summed E-state index contributed by atoms with van der Waals surface area (Å²) in [4.78, 5) is 0. The highest BCUT2D eigenvalue weighted by Gasteiger charge is 2.14. The van der Waals surface area contributed by atoms with Crippen molar-refractivity contribution < 1.29 is 0 Å². The van der Waals surface area contributed by atoms with E-state index in [1.54, 1.807) is 0 Å². The van der Waals surface area contributed by atoms with Crippen molar-refractivity contribution in [1.82, 2.24) is 20.1 Å². The Morgan fingerprint density at radius 3 is 2.67 bits per heavy atom. The largest absolute Gasteiger partial charge is 0.318 e. The molecule has 0 unspecified atom stereocenters. The van der Waals surface area contributed by atoms with Crippen LogP contribution in [0.4, 0.5) is 0 Å². The van der Waals surface area contributed by atoms with Gasteiger partial charge in [0.1, 0.15) is 11.6 Å². The first-order valence-electron chi connectivity index (χ1n) is 5.83. The molecule has 1 aromatic heterocycles. The zero-order chi connectivity index (χ0) is 10.7. The SMILES string of the molecule is Cc1nnc(CCC2CCNCC2)n1C. The van der Waals surface area contributed by atoms with E-state index in [1.807, 2.05) is 14.0 Å². The minimum Gasteiger partial charge on any atom is -0.318 e. The van der Waals surface area contributed by atoms with Gasteiger partial charge < -0.3 is 9.88 Å². The van der Waals surface area contributed by atoms with Gasteiger partial charge in [0.05, 0.1) is 0 Å². The molecule has 0 aromatic carbocycles. The number of aromatic nitrogens is 3. The van der Waals surface area contributed by atoms with E-state index < -0.39 is 0 Å². The van der Waals surface area contributed by atoms with Gasteiger partial charge in [0.25, 0.3) is 0 Å². The van der Waals surface area contributed by atoms with E-state index in [-0.39, 0.29) is 0 Å². The van der Waals surface area contributed by atoms with Crippen LogP contribution in [0.25, 0.3) is 0 Å². The molecule has 1 aliphatic heterocycles. The molecule has 1 saturated heterocycles. The van der Waals surface area contributed by atoms with E-state index in [4.69, 9.17) is 0 Å². The first-order chi connectivity index (χ1) is 7.27. The predicted molar refractivity (Wildman–Crippen MR) is 59.7 cm³/mol. The molecule has 0 saturated carbocycles. The maximum absolute atomic E-state index is 4.20. The molecule has 1 aromatic rings. The Kier molecular flexibility index (Phi) is 3.36. The van der Waals surface area contributed by atoms with Crippen molar-refractivity contribution in [3.05, 3.63) is 11.6 Å². The average molecular weight is 208 g/mol. The standard InChI is InChI=1S/C11H20N4/c1-9-13-14-11(15(9)2)4-3-10-5-7-12-8-6-10/h10,12H,3-8H2,1-2H3. The van der Waals surface area contributed by atoms with Crippen molar-refractivity contribution in [2.24, 2.45) is 13.0 Å². The molecule has 2 heterocycles. The van der Waals surface area contributed by atoms with Gasteiger partial charge in [-0.25, -0.2) is 0 Å². The molecule has 2 rings (SSSR count). The van der Waals surface area contributed by atoms with Gasteiger partial charge in [-0.2, -0.15) is 0 Å². The van der Waals surface area contributed by atoms with Crippen LogP contribution in [-0.2, 0) is 13.5 Å². The van der Waals surface area contributed by atoms with Crippen LogP contribution < -0.4 is 5.32 Å². The van der Waals surface area contributed by atoms with Gasteiger partial charge in [-0.15, -0.1) is 10.2 Å². The zero-order valence-corrected chi connectivity index (χ0v) is 9.66. The van der Waals surface area contributed by atoms with Crippen molar-refractivity contribution in [2.45, 2.75) is 32.6 Å². The molecule has 1 aliphatic rings. The van der Waals surface area contributed by atoms with Crippen molar-refractivity contribution in [1.29, 1.82) is 0 Å². The van der Waals surface area contributed by atoms with Crippen LogP contribution in [0.2, 0.25) is 0 Å². The molecule has 0 atom stereocenters. The summed E-state index contributed by atoms with van der Waals surface area (Å²) in [6.07, 6.45) is 4.96. The van der Waals surface area contributed by atoms with Crippen molar-refractivity contribution in [3.63, 3.8) is 0 Å². The second-order valence-electron chi connectivity index (χ2n) is 4.45. The number of nitrogens with one attached hydrogen (secondary N) is 1. The number of hydrogen-bond donors (Lipinski definition) is 1. The number of rotatable bonds is 3. The lowest BCUT2D eigenvalue weighted by molar-refractivity contribution is 0.351. The van der Waals surface area contributed by atoms with Crippen molar-refractivity contribution >= 4 is 0 Å². The van der Waals surface area contributed by atoms with Gasteiger partial charge in [0, 0.05) is 13.5 Å². The van der Waals surface area contributed by atoms with Crippen molar-refractivity contribution in [3.8, 4) is 0 Å².